The molecule has 0 spiro atoms. The Hall–Kier alpha value is -2.35. The number of nitrogens with zero attached hydrogens (tertiary/aromatic N) is 4. The Kier molecular flexibility index (Phi) is 6.72. The van der Waals surface area contributed by atoms with Crippen molar-refractivity contribution in [2.75, 3.05) is 13.7 Å². The first kappa shape index (κ1) is 20.9. The summed E-state index contributed by atoms with van der Waals surface area (Å²) in [5.41, 5.74) is 1.46. The molecule has 0 aliphatic heterocycles. The monoisotopic (exact) mass is 413 g/mol. The van der Waals surface area contributed by atoms with Gasteiger partial charge in [0, 0.05) is 31.7 Å². The van der Waals surface area contributed by atoms with E-state index >= 15 is 0 Å². The predicted molar refractivity (Wildman–Crippen MR) is 111 cm³/mol. The van der Waals surface area contributed by atoms with Crippen molar-refractivity contribution in [1.82, 2.24) is 25.5 Å². The number of aromatic nitrogens is 4. The lowest BCUT2D eigenvalue weighted by Gasteiger charge is -2.29. The lowest BCUT2D eigenvalue weighted by molar-refractivity contribution is -0.127. The molecular formula is C22H31N5O3. The summed E-state index contributed by atoms with van der Waals surface area (Å²) in [6, 6.07) is 0. The molecule has 0 radical (unpaired) electrons. The van der Waals surface area contributed by atoms with Crippen LogP contribution in [0.2, 0.25) is 0 Å². The minimum Gasteiger partial charge on any atom is -0.419 e. The SMILES string of the molecule is COC1CCC(C(=O)NCC2CCC(c3nnc(-c4cnc(C)cn4)o3)CC2)CC1. The fourth-order valence-corrected chi connectivity index (χ4v) is 4.57. The van der Waals surface area contributed by atoms with Crippen molar-refractivity contribution in [2.45, 2.75) is 70.3 Å². The maximum absolute atomic E-state index is 12.5. The van der Waals surface area contributed by atoms with Crippen LogP contribution >= 0.6 is 0 Å². The summed E-state index contributed by atoms with van der Waals surface area (Å²) in [4.78, 5) is 21.0. The zero-order chi connectivity index (χ0) is 20.9. The fraction of sp³-hybridized carbons (Fsp3) is 0.682. The van der Waals surface area contributed by atoms with Gasteiger partial charge < -0.3 is 14.5 Å². The molecule has 1 amide bonds. The van der Waals surface area contributed by atoms with Gasteiger partial charge in [-0.25, -0.2) is 4.98 Å². The highest BCUT2D eigenvalue weighted by atomic mass is 16.5. The molecule has 2 fully saturated rings. The van der Waals surface area contributed by atoms with Crippen molar-refractivity contribution in [2.24, 2.45) is 11.8 Å². The Morgan fingerprint density at radius 1 is 1.07 bits per heavy atom. The van der Waals surface area contributed by atoms with Gasteiger partial charge in [0.05, 0.1) is 18.0 Å². The van der Waals surface area contributed by atoms with E-state index in [-0.39, 0.29) is 17.7 Å². The van der Waals surface area contributed by atoms with E-state index in [0.29, 0.717) is 29.5 Å². The maximum atomic E-state index is 12.5. The molecular weight excluding hydrogens is 382 g/mol. The Morgan fingerprint density at radius 3 is 2.50 bits per heavy atom. The summed E-state index contributed by atoms with van der Waals surface area (Å²) in [5.74, 6) is 2.27. The van der Waals surface area contributed by atoms with Crippen molar-refractivity contribution >= 4 is 5.91 Å². The minimum absolute atomic E-state index is 0.148. The number of hydrogen-bond acceptors (Lipinski definition) is 7. The molecule has 2 aromatic rings. The lowest BCUT2D eigenvalue weighted by Crippen LogP contribution is -2.37. The predicted octanol–water partition coefficient (Wildman–Crippen LogP) is 3.43. The second-order valence-corrected chi connectivity index (χ2v) is 8.66. The normalized spacial score (nSPS) is 27.0. The molecule has 162 valence electrons. The van der Waals surface area contributed by atoms with Gasteiger partial charge in [-0.1, -0.05) is 0 Å². The quantitative estimate of drug-likeness (QED) is 0.774. The van der Waals surface area contributed by atoms with Gasteiger partial charge in [-0.15, -0.1) is 10.2 Å². The van der Waals surface area contributed by atoms with Crippen LogP contribution in [0.4, 0.5) is 0 Å². The Balaban J connectivity index is 1.22. The first-order valence-electron chi connectivity index (χ1n) is 11.0. The topological polar surface area (TPSA) is 103 Å². The smallest absolute Gasteiger partial charge is 0.267 e. The van der Waals surface area contributed by atoms with Crippen LogP contribution in [-0.4, -0.2) is 45.8 Å². The van der Waals surface area contributed by atoms with Crippen molar-refractivity contribution in [3.05, 3.63) is 24.0 Å². The summed E-state index contributed by atoms with van der Waals surface area (Å²) in [5, 5.41) is 11.6. The van der Waals surface area contributed by atoms with Crippen LogP contribution in [0.1, 0.15) is 68.9 Å². The van der Waals surface area contributed by atoms with Gasteiger partial charge in [-0.3, -0.25) is 9.78 Å². The molecule has 0 aromatic carbocycles. The summed E-state index contributed by atoms with van der Waals surface area (Å²) in [6.07, 6.45) is 11.6. The van der Waals surface area contributed by atoms with Crippen LogP contribution in [0.5, 0.6) is 0 Å². The Morgan fingerprint density at radius 2 is 1.83 bits per heavy atom. The number of nitrogens with one attached hydrogen (secondary N) is 1. The van der Waals surface area contributed by atoms with E-state index in [0.717, 1.165) is 63.6 Å². The van der Waals surface area contributed by atoms with Crippen LogP contribution in [0.15, 0.2) is 16.8 Å². The third-order valence-corrected chi connectivity index (χ3v) is 6.58. The van der Waals surface area contributed by atoms with Gasteiger partial charge in [0.15, 0.2) is 0 Å². The molecule has 2 aromatic heterocycles. The molecule has 0 saturated heterocycles. The molecule has 0 unspecified atom stereocenters. The van der Waals surface area contributed by atoms with Gasteiger partial charge in [0.1, 0.15) is 5.69 Å². The number of aryl methyl sites for hydroxylation is 1. The van der Waals surface area contributed by atoms with Crippen LogP contribution < -0.4 is 5.32 Å². The molecule has 8 heteroatoms. The van der Waals surface area contributed by atoms with Crippen molar-refractivity contribution < 1.29 is 13.9 Å². The number of methoxy groups -OCH3 is 1. The van der Waals surface area contributed by atoms with E-state index in [2.05, 4.69) is 25.5 Å². The molecule has 8 nitrogen and oxygen atoms in total. The minimum atomic E-state index is 0.148. The highest BCUT2D eigenvalue weighted by molar-refractivity contribution is 5.78. The standard InChI is InChI=1S/C22H31N5O3/c1-14-11-24-19(13-23-14)22-27-26-21(30-22)17-5-3-15(4-6-17)12-25-20(28)16-7-9-18(29-2)10-8-16/h11,13,15-18H,3-10,12H2,1-2H3,(H,25,28). The number of carbonyl (C=O) groups is 1. The van der Waals surface area contributed by atoms with Crippen LogP contribution in [0.25, 0.3) is 11.6 Å². The van der Waals surface area contributed by atoms with Crippen LogP contribution in [-0.2, 0) is 9.53 Å². The molecule has 2 aliphatic rings. The molecule has 2 saturated carbocycles. The summed E-state index contributed by atoms with van der Waals surface area (Å²) in [7, 11) is 1.76. The highest BCUT2D eigenvalue weighted by Crippen LogP contribution is 2.36. The number of rotatable bonds is 6. The van der Waals surface area contributed by atoms with Crippen molar-refractivity contribution in [1.29, 1.82) is 0 Å². The number of carbonyl (C=O) groups excluding carboxylic acids is 1. The fourth-order valence-electron chi connectivity index (χ4n) is 4.57. The summed E-state index contributed by atoms with van der Waals surface area (Å²) < 4.78 is 11.3. The second kappa shape index (κ2) is 9.64. The number of hydrogen-bond donors (Lipinski definition) is 1. The maximum Gasteiger partial charge on any atom is 0.267 e. The first-order valence-corrected chi connectivity index (χ1v) is 11.0. The van der Waals surface area contributed by atoms with Gasteiger partial charge >= 0.3 is 0 Å². The third kappa shape index (κ3) is 5.03. The first-order chi connectivity index (χ1) is 14.6. The van der Waals surface area contributed by atoms with Crippen molar-refractivity contribution in [3.8, 4) is 11.6 Å². The molecule has 0 bridgehead atoms. The average molecular weight is 414 g/mol. The summed E-state index contributed by atoms with van der Waals surface area (Å²) in [6.45, 7) is 2.66. The largest absolute Gasteiger partial charge is 0.419 e. The number of ether oxygens (including phenoxy) is 1. The van der Waals surface area contributed by atoms with Gasteiger partial charge in [-0.05, 0) is 64.2 Å². The van der Waals surface area contributed by atoms with E-state index < -0.39 is 0 Å². The van der Waals surface area contributed by atoms with E-state index in [9.17, 15) is 4.79 Å². The second-order valence-electron chi connectivity index (χ2n) is 8.66. The Labute approximate surface area is 177 Å². The highest BCUT2D eigenvalue weighted by Gasteiger charge is 2.29. The van der Waals surface area contributed by atoms with Gasteiger partial charge in [-0.2, -0.15) is 0 Å². The number of amides is 1. The van der Waals surface area contributed by atoms with E-state index in [4.69, 9.17) is 9.15 Å². The van der Waals surface area contributed by atoms with E-state index in [1.807, 2.05) is 6.92 Å². The lowest BCUT2D eigenvalue weighted by atomic mass is 9.81. The molecule has 0 atom stereocenters. The zero-order valence-electron chi connectivity index (χ0n) is 17.8. The molecule has 30 heavy (non-hydrogen) atoms. The molecule has 2 heterocycles. The van der Waals surface area contributed by atoms with E-state index in [1.165, 1.54) is 0 Å². The van der Waals surface area contributed by atoms with Crippen LogP contribution in [0, 0.1) is 18.8 Å². The van der Waals surface area contributed by atoms with E-state index in [1.54, 1.807) is 19.5 Å². The van der Waals surface area contributed by atoms with Crippen LogP contribution in [0.3, 0.4) is 0 Å². The van der Waals surface area contributed by atoms with Gasteiger partial charge in [0.2, 0.25) is 11.8 Å². The van der Waals surface area contributed by atoms with Crippen molar-refractivity contribution in [3.63, 3.8) is 0 Å². The summed E-state index contributed by atoms with van der Waals surface area (Å²) >= 11 is 0. The average Bonchev–Trinajstić information content (AvgIpc) is 3.28. The molecule has 4 rings (SSSR count). The Bertz CT molecular complexity index is 822. The zero-order valence-corrected chi connectivity index (χ0v) is 17.8. The molecule has 1 N–H and O–H groups in total. The third-order valence-electron chi connectivity index (χ3n) is 6.58. The van der Waals surface area contributed by atoms with Gasteiger partial charge in [0.25, 0.3) is 5.89 Å². The molecule has 2 aliphatic carbocycles.